The molecular weight excluding hydrogens is 332 g/mol. The summed E-state index contributed by atoms with van der Waals surface area (Å²) >= 11 is 0. The predicted octanol–water partition coefficient (Wildman–Crippen LogP) is 0.733. The van der Waals surface area contributed by atoms with E-state index in [1.165, 1.54) is 0 Å². The highest BCUT2D eigenvalue weighted by molar-refractivity contribution is 5.79. The Morgan fingerprint density at radius 1 is 1.15 bits per heavy atom. The summed E-state index contributed by atoms with van der Waals surface area (Å²) < 4.78 is 7.13. The number of carbonyl (C=O) groups excluding carboxylic acids is 1. The molecule has 1 aromatic carbocycles. The first-order chi connectivity index (χ1) is 12.8. The van der Waals surface area contributed by atoms with Gasteiger partial charge in [0, 0.05) is 19.6 Å². The van der Waals surface area contributed by atoms with E-state index >= 15 is 0 Å². The third-order valence-electron chi connectivity index (χ3n) is 5.08. The maximum absolute atomic E-state index is 12.8. The number of amides is 1. The van der Waals surface area contributed by atoms with Crippen molar-refractivity contribution in [1.29, 1.82) is 0 Å². The van der Waals surface area contributed by atoms with E-state index < -0.39 is 0 Å². The minimum absolute atomic E-state index is 0.0582. The van der Waals surface area contributed by atoms with E-state index in [2.05, 4.69) is 20.4 Å². The van der Waals surface area contributed by atoms with Gasteiger partial charge in [0.15, 0.2) is 5.82 Å². The largest absolute Gasteiger partial charge is 0.378 e. The van der Waals surface area contributed by atoms with Crippen LogP contribution in [-0.2, 0) is 16.1 Å². The minimum atomic E-state index is 0.0582. The summed E-state index contributed by atoms with van der Waals surface area (Å²) in [6.45, 7) is 5.09. The normalized spacial score (nSPS) is 21.7. The Morgan fingerprint density at radius 3 is 2.77 bits per heavy atom. The molecule has 2 fully saturated rings. The SMILES string of the molecule is O=C(C1CCCN(Cc2nnnn2-c2ccccc2)C1)N1CCOCC1. The summed E-state index contributed by atoms with van der Waals surface area (Å²) in [4.78, 5) is 17.0. The molecule has 8 nitrogen and oxygen atoms in total. The minimum Gasteiger partial charge on any atom is -0.378 e. The molecule has 26 heavy (non-hydrogen) atoms. The molecule has 0 N–H and O–H groups in total. The third kappa shape index (κ3) is 3.76. The van der Waals surface area contributed by atoms with E-state index in [1.807, 2.05) is 35.2 Å². The molecule has 1 amide bonds. The highest BCUT2D eigenvalue weighted by Gasteiger charge is 2.30. The van der Waals surface area contributed by atoms with E-state index in [0.717, 1.165) is 37.4 Å². The van der Waals surface area contributed by atoms with Gasteiger partial charge < -0.3 is 9.64 Å². The van der Waals surface area contributed by atoms with Gasteiger partial charge in [-0.2, -0.15) is 4.68 Å². The fourth-order valence-electron chi connectivity index (χ4n) is 3.72. The van der Waals surface area contributed by atoms with E-state index in [4.69, 9.17) is 4.74 Å². The molecule has 2 aliphatic heterocycles. The third-order valence-corrected chi connectivity index (χ3v) is 5.08. The van der Waals surface area contributed by atoms with Gasteiger partial charge in [0.25, 0.3) is 0 Å². The number of likely N-dealkylation sites (tertiary alicyclic amines) is 1. The number of rotatable bonds is 4. The van der Waals surface area contributed by atoms with Crippen LogP contribution in [0.2, 0.25) is 0 Å². The lowest BCUT2D eigenvalue weighted by Crippen LogP contribution is -2.48. The van der Waals surface area contributed by atoms with Crippen LogP contribution in [0.25, 0.3) is 5.69 Å². The summed E-state index contributed by atoms with van der Waals surface area (Å²) in [5, 5.41) is 12.2. The molecule has 2 saturated heterocycles. The van der Waals surface area contributed by atoms with Crippen molar-refractivity contribution >= 4 is 5.91 Å². The van der Waals surface area contributed by atoms with Crippen molar-refractivity contribution in [2.24, 2.45) is 5.92 Å². The van der Waals surface area contributed by atoms with Gasteiger partial charge in [0.1, 0.15) is 0 Å². The van der Waals surface area contributed by atoms with Crippen LogP contribution in [0.15, 0.2) is 30.3 Å². The fourth-order valence-corrected chi connectivity index (χ4v) is 3.72. The molecule has 0 radical (unpaired) electrons. The van der Waals surface area contributed by atoms with Crippen LogP contribution in [0.3, 0.4) is 0 Å². The maximum atomic E-state index is 12.8. The molecule has 8 heteroatoms. The second-order valence-corrected chi connectivity index (χ2v) is 6.85. The number of aromatic nitrogens is 4. The summed E-state index contributed by atoms with van der Waals surface area (Å²) in [5.74, 6) is 1.12. The summed E-state index contributed by atoms with van der Waals surface area (Å²) in [6, 6.07) is 9.89. The van der Waals surface area contributed by atoms with Gasteiger partial charge in [0.05, 0.1) is 31.4 Å². The number of para-hydroxylation sites is 1. The molecule has 0 bridgehead atoms. The van der Waals surface area contributed by atoms with Gasteiger partial charge in [-0.15, -0.1) is 5.10 Å². The second-order valence-electron chi connectivity index (χ2n) is 6.85. The number of hydrogen-bond acceptors (Lipinski definition) is 6. The van der Waals surface area contributed by atoms with Gasteiger partial charge in [-0.05, 0) is 41.9 Å². The Labute approximate surface area is 152 Å². The smallest absolute Gasteiger partial charge is 0.227 e. The van der Waals surface area contributed by atoms with Crippen molar-refractivity contribution in [3.8, 4) is 5.69 Å². The van der Waals surface area contributed by atoms with Gasteiger partial charge in [0.2, 0.25) is 5.91 Å². The Hall–Kier alpha value is -2.32. The van der Waals surface area contributed by atoms with Crippen molar-refractivity contribution < 1.29 is 9.53 Å². The molecule has 0 saturated carbocycles. The zero-order valence-corrected chi connectivity index (χ0v) is 14.8. The first-order valence-electron chi connectivity index (χ1n) is 9.23. The monoisotopic (exact) mass is 356 g/mol. The molecule has 3 heterocycles. The Balaban J connectivity index is 1.41. The molecule has 1 unspecified atom stereocenters. The Bertz CT molecular complexity index is 728. The quantitative estimate of drug-likeness (QED) is 0.804. The zero-order chi connectivity index (χ0) is 17.8. The standard InChI is InChI=1S/C18H24N6O2/c25-18(23-9-11-26-12-10-23)15-5-4-8-22(13-15)14-17-19-20-21-24(17)16-6-2-1-3-7-16/h1-3,6-7,15H,4-5,8-14H2. The van der Waals surface area contributed by atoms with E-state index in [1.54, 1.807) is 4.68 Å². The predicted molar refractivity (Wildman–Crippen MR) is 94.6 cm³/mol. The molecule has 0 spiro atoms. The number of benzene rings is 1. The molecule has 0 aliphatic carbocycles. The van der Waals surface area contributed by atoms with Crippen molar-refractivity contribution in [3.63, 3.8) is 0 Å². The number of nitrogens with zero attached hydrogens (tertiary/aromatic N) is 6. The molecule has 2 aromatic rings. The summed E-state index contributed by atoms with van der Waals surface area (Å²) in [6.07, 6.45) is 1.98. The number of ether oxygens (including phenoxy) is 1. The average molecular weight is 356 g/mol. The van der Waals surface area contributed by atoms with Crippen molar-refractivity contribution in [2.75, 3.05) is 39.4 Å². The highest BCUT2D eigenvalue weighted by atomic mass is 16.5. The van der Waals surface area contributed by atoms with Gasteiger partial charge in [-0.25, -0.2) is 0 Å². The lowest BCUT2D eigenvalue weighted by Gasteiger charge is -2.35. The van der Waals surface area contributed by atoms with Crippen LogP contribution in [-0.4, -0.2) is 75.3 Å². The number of tetrazole rings is 1. The molecular formula is C18H24N6O2. The second kappa shape index (κ2) is 7.92. The Kier molecular flexibility index (Phi) is 5.21. The van der Waals surface area contributed by atoms with E-state index in [-0.39, 0.29) is 11.8 Å². The van der Waals surface area contributed by atoms with Gasteiger partial charge in [-0.1, -0.05) is 18.2 Å². The van der Waals surface area contributed by atoms with Crippen LogP contribution in [0.5, 0.6) is 0 Å². The van der Waals surface area contributed by atoms with E-state index in [9.17, 15) is 4.79 Å². The Morgan fingerprint density at radius 2 is 1.96 bits per heavy atom. The van der Waals surface area contributed by atoms with Crippen LogP contribution in [0.1, 0.15) is 18.7 Å². The fraction of sp³-hybridized carbons (Fsp3) is 0.556. The zero-order valence-electron chi connectivity index (χ0n) is 14.8. The van der Waals surface area contributed by atoms with Crippen molar-refractivity contribution in [2.45, 2.75) is 19.4 Å². The molecule has 2 aliphatic rings. The highest BCUT2D eigenvalue weighted by Crippen LogP contribution is 2.21. The molecule has 138 valence electrons. The van der Waals surface area contributed by atoms with Crippen molar-refractivity contribution in [3.05, 3.63) is 36.2 Å². The van der Waals surface area contributed by atoms with Crippen LogP contribution >= 0.6 is 0 Å². The molecule has 4 rings (SSSR count). The summed E-state index contributed by atoms with van der Waals surface area (Å²) in [7, 11) is 0. The number of carbonyl (C=O) groups is 1. The maximum Gasteiger partial charge on any atom is 0.227 e. The topological polar surface area (TPSA) is 76.4 Å². The lowest BCUT2D eigenvalue weighted by molar-refractivity contribution is -0.141. The number of hydrogen-bond donors (Lipinski definition) is 0. The first-order valence-corrected chi connectivity index (χ1v) is 9.23. The first kappa shape index (κ1) is 17.1. The molecule has 1 atom stereocenters. The molecule has 1 aromatic heterocycles. The van der Waals surface area contributed by atoms with Crippen molar-refractivity contribution in [1.82, 2.24) is 30.0 Å². The average Bonchev–Trinajstić information content (AvgIpc) is 3.17. The number of piperidine rings is 1. The summed E-state index contributed by atoms with van der Waals surface area (Å²) in [5.41, 5.74) is 0.949. The van der Waals surface area contributed by atoms with Crippen LogP contribution in [0.4, 0.5) is 0 Å². The van der Waals surface area contributed by atoms with Crippen LogP contribution < -0.4 is 0 Å². The van der Waals surface area contributed by atoms with Gasteiger partial charge >= 0.3 is 0 Å². The van der Waals surface area contributed by atoms with Gasteiger partial charge in [-0.3, -0.25) is 9.69 Å². The van der Waals surface area contributed by atoms with E-state index in [0.29, 0.717) is 32.8 Å². The lowest BCUT2D eigenvalue weighted by atomic mass is 9.96. The number of morpholine rings is 1. The van der Waals surface area contributed by atoms with Crippen LogP contribution in [0, 0.1) is 5.92 Å².